The fourth-order valence-electron chi connectivity index (χ4n) is 2.09. The molecular formula is C13H17N3O2. The van der Waals surface area contributed by atoms with Crippen LogP contribution in [0.5, 0.6) is 0 Å². The molecule has 0 aliphatic rings. The molecule has 96 valence electrons. The minimum Gasteiger partial charge on any atom is -0.478 e. The van der Waals surface area contributed by atoms with E-state index in [2.05, 4.69) is 23.9 Å². The van der Waals surface area contributed by atoms with Crippen molar-refractivity contribution in [2.75, 3.05) is 0 Å². The summed E-state index contributed by atoms with van der Waals surface area (Å²) in [7, 11) is 0. The Hall–Kier alpha value is -1.91. The van der Waals surface area contributed by atoms with Crippen molar-refractivity contribution >= 4 is 17.0 Å². The van der Waals surface area contributed by atoms with Gasteiger partial charge in [-0.2, -0.15) is 5.10 Å². The molecule has 2 heterocycles. The number of nitrogens with zero attached hydrogens (tertiary/aromatic N) is 3. The molecule has 0 aromatic carbocycles. The van der Waals surface area contributed by atoms with Crippen LogP contribution in [0.25, 0.3) is 11.0 Å². The number of aromatic carboxylic acids is 1. The number of aromatic nitrogens is 3. The third-order valence-corrected chi connectivity index (χ3v) is 3.20. The number of rotatable bonds is 3. The van der Waals surface area contributed by atoms with Gasteiger partial charge in [-0.05, 0) is 33.3 Å². The van der Waals surface area contributed by atoms with E-state index in [1.54, 1.807) is 13.0 Å². The molecule has 0 aliphatic carbocycles. The van der Waals surface area contributed by atoms with E-state index in [1.165, 1.54) is 0 Å². The zero-order valence-electron chi connectivity index (χ0n) is 11.1. The lowest BCUT2D eigenvalue weighted by molar-refractivity contribution is 0.0698. The SMILES string of the molecule is CCC(C)n1nc(C)c2c(C(=O)O)cc(C)nc21. The van der Waals surface area contributed by atoms with Gasteiger partial charge in [0.15, 0.2) is 5.65 Å². The fraction of sp³-hybridized carbons (Fsp3) is 0.462. The Balaban J connectivity index is 2.83. The van der Waals surface area contributed by atoms with Crippen LogP contribution < -0.4 is 0 Å². The number of aryl methyl sites for hydroxylation is 2. The average Bonchev–Trinajstić information content (AvgIpc) is 2.64. The number of pyridine rings is 1. The maximum atomic E-state index is 11.3. The molecule has 0 radical (unpaired) electrons. The van der Waals surface area contributed by atoms with E-state index in [-0.39, 0.29) is 11.6 Å². The summed E-state index contributed by atoms with van der Waals surface area (Å²) in [6, 6.07) is 1.80. The molecule has 5 heteroatoms. The molecule has 18 heavy (non-hydrogen) atoms. The Morgan fingerprint density at radius 1 is 1.50 bits per heavy atom. The Bertz CT molecular complexity index is 616. The first-order valence-corrected chi connectivity index (χ1v) is 6.05. The summed E-state index contributed by atoms with van der Waals surface area (Å²) in [6.07, 6.45) is 0.925. The van der Waals surface area contributed by atoms with Crippen molar-refractivity contribution < 1.29 is 9.90 Å². The van der Waals surface area contributed by atoms with Gasteiger partial charge in [0.05, 0.1) is 22.7 Å². The van der Waals surface area contributed by atoms with Gasteiger partial charge in [-0.25, -0.2) is 14.5 Å². The number of carboxylic acid groups (broad SMARTS) is 1. The molecule has 1 N–H and O–H groups in total. The lowest BCUT2D eigenvalue weighted by Crippen LogP contribution is -2.07. The highest BCUT2D eigenvalue weighted by atomic mass is 16.4. The second-order valence-corrected chi connectivity index (χ2v) is 4.60. The molecule has 1 atom stereocenters. The Kier molecular flexibility index (Phi) is 3.07. The van der Waals surface area contributed by atoms with Crippen molar-refractivity contribution in [1.29, 1.82) is 0 Å². The molecule has 5 nitrogen and oxygen atoms in total. The lowest BCUT2D eigenvalue weighted by Gasteiger charge is -2.10. The monoisotopic (exact) mass is 247 g/mol. The van der Waals surface area contributed by atoms with Gasteiger partial charge in [0, 0.05) is 5.69 Å². The van der Waals surface area contributed by atoms with Gasteiger partial charge in [0.2, 0.25) is 0 Å². The third-order valence-electron chi connectivity index (χ3n) is 3.20. The van der Waals surface area contributed by atoms with Crippen molar-refractivity contribution in [3.63, 3.8) is 0 Å². The van der Waals surface area contributed by atoms with Gasteiger partial charge < -0.3 is 5.11 Å². The van der Waals surface area contributed by atoms with Crippen LogP contribution in [0.2, 0.25) is 0 Å². The van der Waals surface area contributed by atoms with Crippen LogP contribution in [0, 0.1) is 13.8 Å². The summed E-state index contributed by atoms with van der Waals surface area (Å²) < 4.78 is 1.82. The Morgan fingerprint density at radius 3 is 2.72 bits per heavy atom. The largest absolute Gasteiger partial charge is 0.478 e. The quantitative estimate of drug-likeness (QED) is 0.905. The molecule has 0 aliphatic heterocycles. The van der Waals surface area contributed by atoms with E-state index in [4.69, 9.17) is 0 Å². The highest BCUT2D eigenvalue weighted by molar-refractivity contribution is 6.02. The van der Waals surface area contributed by atoms with Gasteiger partial charge in [0.25, 0.3) is 0 Å². The minimum absolute atomic E-state index is 0.206. The lowest BCUT2D eigenvalue weighted by atomic mass is 10.1. The first-order chi connectivity index (χ1) is 8.45. The van der Waals surface area contributed by atoms with Gasteiger partial charge in [-0.3, -0.25) is 0 Å². The van der Waals surface area contributed by atoms with Crippen molar-refractivity contribution in [3.05, 3.63) is 23.0 Å². The predicted molar refractivity (Wildman–Crippen MR) is 69.0 cm³/mol. The van der Waals surface area contributed by atoms with Crippen LogP contribution in [0.15, 0.2) is 6.07 Å². The highest BCUT2D eigenvalue weighted by Gasteiger charge is 2.19. The molecular weight excluding hydrogens is 230 g/mol. The van der Waals surface area contributed by atoms with Gasteiger partial charge in [-0.1, -0.05) is 6.92 Å². The standard InChI is InChI=1S/C13H17N3O2/c1-5-8(3)16-12-11(9(4)15-16)10(13(17)18)6-7(2)14-12/h6,8H,5H2,1-4H3,(H,17,18). The van der Waals surface area contributed by atoms with Crippen LogP contribution in [0.4, 0.5) is 0 Å². The van der Waals surface area contributed by atoms with Crippen molar-refractivity contribution in [3.8, 4) is 0 Å². The first-order valence-electron chi connectivity index (χ1n) is 6.05. The predicted octanol–water partition coefficient (Wildman–Crippen LogP) is 2.72. The molecule has 2 aromatic heterocycles. The molecule has 0 saturated carbocycles. The summed E-state index contributed by atoms with van der Waals surface area (Å²) in [4.78, 5) is 15.7. The van der Waals surface area contributed by atoms with Crippen molar-refractivity contribution in [1.82, 2.24) is 14.8 Å². The zero-order valence-corrected chi connectivity index (χ0v) is 11.1. The Morgan fingerprint density at radius 2 is 2.17 bits per heavy atom. The number of hydrogen-bond acceptors (Lipinski definition) is 3. The first kappa shape index (κ1) is 12.5. The van der Waals surface area contributed by atoms with Crippen molar-refractivity contribution in [2.24, 2.45) is 0 Å². The van der Waals surface area contributed by atoms with E-state index in [9.17, 15) is 9.90 Å². The molecule has 2 rings (SSSR count). The summed E-state index contributed by atoms with van der Waals surface area (Å²) in [6.45, 7) is 7.75. The number of carbonyl (C=O) groups is 1. The molecule has 1 unspecified atom stereocenters. The average molecular weight is 247 g/mol. The maximum absolute atomic E-state index is 11.3. The molecule has 2 aromatic rings. The summed E-state index contributed by atoms with van der Waals surface area (Å²) in [5.41, 5.74) is 2.36. The van der Waals surface area contributed by atoms with E-state index in [0.29, 0.717) is 16.7 Å². The summed E-state index contributed by atoms with van der Waals surface area (Å²) >= 11 is 0. The van der Waals surface area contributed by atoms with E-state index < -0.39 is 5.97 Å². The van der Waals surface area contributed by atoms with Crippen molar-refractivity contribution in [2.45, 2.75) is 40.2 Å². The highest BCUT2D eigenvalue weighted by Crippen LogP contribution is 2.25. The molecule has 0 spiro atoms. The smallest absolute Gasteiger partial charge is 0.336 e. The number of fused-ring (bicyclic) bond motifs is 1. The molecule has 0 fully saturated rings. The molecule has 0 bridgehead atoms. The van der Waals surface area contributed by atoms with Crippen LogP contribution in [-0.2, 0) is 0 Å². The Labute approximate surface area is 105 Å². The molecule has 0 saturated heterocycles. The van der Waals surface area contributed by atoms with E-state index >= 15 is 0 Å². The third kappa shape index (κ3) is 1.85. The second-order valence-electron chi connectivity index (χ2n) is 4.60. The van der Waals surface area contributed by atoms with Crippen LogP contribution in [0.1, 0.15) is 48.1 Å². The number of hydrogen-bond donors (Lipinski definition) is 1. The zero-order chi connectivity index (χ0) is 13.4. The summed E-state index contributed by atoms with van der Waals surface area (Å²) in [5.74, 6) is -0.933. The fourth-order valence-corrected chi connectivity index (χ4v) is 2.09. The maximum Gasteiger partial charge on any atom is 0.336 e. The number of carboxylic acids is 1. The molecule has 0 amide bonds. The second kappa shape index (κ2) is 4.40. The van der Waals surface area contributed by atoms with Gasteiger partial charge >= 0.3 is 5.97 Å². The minimum atomic E-state index is -0.933. The van der Waals surface area contributed by atoms with Gasteiger partial charge in [0.1, 0.15) is 0 Å². The topological polar surface area (TPSA) is 68.0 Å². The summed E-state index contributed by atoms with van der Waals surface area (Å²) in [5, 5.41) is 14.4. The van der Waals surface area contributed by atoms with Crippen LogP contribution in [-0.4, -0.2) is 25.8 Å². The van der Waals surface area contributed by atoms with E-state index in [0.717, 1.165) is 12.1 Å². The van der Waals surface area contributed by atoms with Crippen LogP contribution >= 0.6 is 0 Å². The van der Waals surface area contributed by atoms with Crippen LogP contribution in [0.3, 0.4) is 0 Å². The van der Waals surface area contributed by atoms with E-state index in [1.807, 2.05) is 11.6 Å². The van der Waals surface area contributed by atoms with Gasteiger partial charge in [-0.15, -0.1) is 0 Å². The normalized spacial score (nSPS) is 12.9.